The largest absolute Gasteiger partial charge is 0.279 e. The molecule has 4 nitrogen and oxygen atoms in total. The highest BCUT2D eigenvalue weighted by Crippen LogP contribution is 2.11. The number of nitrogens with zero attached hydrogens (tertiary/aromatic N) is 1. The van der Waals surface area contributed by atoms with Gasteiger partial charge in [-0.3, -0.25) is 0 Å². The van der Waals surface area contributed by atoms with Gasteiger partial charge in [-0.25, -0.2) is 4.72 Å². The molecule has 1 atom stereocenters. The molecule has 1 aliphatic rings. The second kappa shape index (κ2) is 6.03. The zero-order valence-corrected chi connectivity index (χ0v) is 10.6. The summed E-state index contributed by atoms with van der Waals surface area (Å²) >= 11 is 5.91. The van der Waals surface area contributed by atoms with E-state index in [0.717, 1.165) is 19.3 Å². The van der Waals surface area contributed by atoms with Crippen molar-refractivity contribution in [2.75, 3.05) is 19.6 Å². The smallest absolute Gasteiger partial charge is 0.202 e. The predicted octanol–water partition coefficient (Wildman–Crippen LogP) is 1.32. The summed E-state index contributed by atoms with van der Waals surface area (Å²) in [6, 6.07) is 0. The summed E-state index contributed by atoms with van der Waals surface area (Å²) in [6.07, 6.45) is 3.49. The molecule has 90 valence electrons. The van der Waals surface area contributed by atoms with E-state index in [1.165, 1.54) is 4.31 Å². The molecule has 0 aliphatic carbocycles. The zero-order valence-electron chi connectivity index (χ0n) is 9.08. The second-order valence-corrected chi connectivity index (χ2v) is 6.17. The van der Waals surface area contributed by atoms with Crippen LogP contribution in [-0.2, 0) is 10.2 Å². The van der Waals surface area contributed by atoms with Gasteiger partial charge >= 0.3 is 0 Å². The first kappa shape index (κ1) is 13.2. The highest BCUT2D eigenvalue weighted by atomic mass is 35.5. The van der Waals surface area contributed by atoms with E-state index in [0.29, 0.717) is 26.1 Å². The Kier molecular flexibility index (Phi) is 5.32. The van der Waals surface area contributed by atoms with E-state index in [1.807, 2.05) is 6.92 Å². The molecular weight excluding hydrogens is 236 g/mol. The molecule has 0 amide bonds. The Labute approximate surface area is 97.2 Å². The maximum atomic E-state index is 11.7. The lowest BCUT2D eigenvalue weighted by atomic mass is 10.2. The summed E-state index contributed by atoms with van der Waals surface area (Å²) in [6.45, 7) is 3.72. The first-order valence-electron chi connectivity index (χ1n) is 5.45. The minimum Gasteiger partial charge on any atom is -0.202 e. The van der Waals surface area contributed by atoms with Gasteiger partial charge in [-0.15, -0.1) is 11.6 Å². The van der Waals surface area contributed by atoms with Crippen molar-refractivity contribution in [3.8, 4) is 0 Å². The van der Waals surface area contributed by atoms with Gasteiger partial charge in [0.1, 0.15) is 0 Å². The quantitative estimate of drug-likeness (QED) is 0.727. The Hall–Kier alpha value is 0.160. The fourth-order valence-electron chi connectivity index (χ4n) is 1.57. The van der Waals surface area contributed by atoms with Crippen LogP contribution in [-0.4, -0.2) is 37.7 Å². The zero-order chi connectivity index (χ0) is 11.3. The predicted molar refractivity (Wildman–Crippen MR) is 62.3 cm³/mol. The van der Waals surface area contributed by atoms with Gasteiger partial charge in [-0.1, -0.05) is 6.92 Å². The van der Waals surface area contributed by atoms with Gasteiger partial charge in [-0.05, 0) is 25.7 Å². The van der Waals surface area contributed by atoms with E-state index in [9.17, 15) is 8.42 Å². The molecule has 6 heteroatoms. The van der Waals surface area contributed by atoms with Crippen molar-refractivity contribution in [3.63, 3.8) is 0 Å². The molecule has 15 heavy (non-hydrogen) atoms. The van der Waals surface area contributed by atoms with Gasteiger partial charge in [-0.2, -0.15) is 12.7 Å². The van der Waals surface area contributed by atoms with Gasteiger partial charge in [0.2, 0.25) is 0 Å². The van der Waals surface area contributed by atoms with Crippen molar-refractivity contribution in [1.29, 1.82) is 0 Å². The maximum absolute atomic E-state index is 11.7. The summed E-state index contributed by atoms with van der Waals surface area (Å²) in [5, 5.41) is 0.0614. The highest BCUT2D eigenvalue weighted by molar-refractivity contribution is 7.87. The molecule has 0 saturated carbocycles. The number of alkyl halides is 1. The van der Waals surface area contributed by atoms with Gasteiger partial charge in [0.05, 0.1) is 0 Å². The first-order chi connectivity index (χ1) is 7.06. The lowest BCUT2D eigenvalue weighted by Crippen LogP contribution is -2.39. The van der Waals surface area contributed by atoms with Crippen molar-refractivity contribution in [2.45, 2.75) is 38.0 Å². The Bertz CT molecular complexity index is 276. The average molecular weight is 255 g/mol. The molecule has 1 aliphatic heterocycles. The van der Waals surface area contributed by atoms with Gasteiger partial charge in [0.15, 0.2) is 0 Å². The first-order valence-corrected chi connectivity index (χ1v) is 7.32. The maximum Gasteiger partial charge on any atom is 0.279 e. The molecule has 0 aromatic heterocycles. The van der Waals surface area contributed by atoms with E-state index in [2.05, 4.69) is 4.72 Å². The van der Waals surface area contributed by atoms with Gasteiger partial charge in [0, 0.05) is 25.0 Å². The Balaban J connectivity index is 2.30. The molecular formula is C9H19ClN2O2S. The van der Waals surface area contributed by atoms with E-state index < -0.39 is 10.2 Å². The van der Waals surface area contributed by atoms with Crippen LogP contribution in [0, 0.1) is 0 Å². The van der Waals surface area contributed by atoms with Crippen molar-refractivity contribution in [2.24, 2.45) is 0 Å². The van der Waals surface area contributed by atoms with Gasteiger partial charge < -0.3 is 0 Å². The van der Waals surface area contributed by atoms with Crippen LogP contribution >= 0.6 is 11.6 Å². The molecule has 0 spiro atoms. The lowest BCUT2D eigenvalue weighted by Gasteiger charge is -2.16. The third kappa shape index (κ3) is 4.26. The van der Waals surface area contributed by atoms with E-state index in [-0.39, 0.29) is 5.38 Å². The fraction of sp³-hybridized carbons (Fsp3) is 1.00. The lowest BCUT2D eigenvalue weighted by molar-refractivity contribution is 0.463. The minimum absolute atomic E-state index is 0.0614. The summed E-state index contributed by atoms with van der Waals surface area (Å²) in [7, 11) is -3.24. The summed E-state index contributed by atoms with van der Waals surface area (Å²) < 4.78 is 27.4. The molecule has 1 saturated heterocycles. The number of nitrogens with one attached hydrogen (secondary N) is 1. The Morgan fingerprint density at radius 2 is 2.00 bits per heavy atom. The van der Waals surface area contributed by atoms with Crippen molar-refractivity contribution in [3.05, 3.63) is 0 Å². The highest BCUT2D eigenvalue weighted by Gasteiger charge is 2.24. The van der Waals surface area contributed by atoms with Crippen molar-refractivity contribution < 1.29 is 8.42 Å². The van der Waals surface area contributed by atoms with Gasteiger partial charge in [0.25, 0.3) is 10.2 Å². The summed E-state index contributed by atoms with van der Waals surface area (Å²) in [5.74, 6) is 0. The third-order valence-electron chi connectivity index (χ3n) is 2.59. The second-order valence-electron chi connectivity index (χ2n) is 3.80. The Morgan fingerprint density at radius 1 is 1.40 bits per heavy atom. The van der Waals surface area contributed by atoms with Crippen LogP contribution in [0.4, 0.5) is 0 Å². The SMILES string of the molecule is CCC(Cl)CCNS(=O)(=O)N1CCCC1. The minimum atomic E-state index is -3.24. The third-order valence-corrected chi connectivity index (χ3v) is 4.73. The molecule has 0 aromatic rings. The number of hydrogen-bond donors (Lipinski definition) is 1. The number of halogens is 1. The fourth-order valence-corrected chi connectivity index (χ4v) is 2.97. The van der Waals surface area contributed by atoms with Crippen LogP contribution < -0.4 is 4.72 Å². The van der Waals surface area contributed by atoms with Crippen LogP contribution in [0.15, 0.2) is 0 Å². The summed E-state index contributed by atoms with van der Waals surface area (Å²) in [5.41, 5.74) is 0. The van der Waals surface area contributed by atoms with E-state index >= 15 is 0 Å². The topological polar surface area (TPSA) is 49.4 Å². The molecule has 0 aromatic carbocycles. The molecule has 1 unspecified atom stereocenters. The number of rotatable bonds is 6. The normalized spacial score (nSPS) is 20.7. The van der Waals surface area contributed by atoms with E-state index in [1.54, 1.807) is 0 Å². The molecule has 1 heterocycles. The molecule has 0 bridgehead atoms. The van der Waals surface area contributed by atoms with Crippen molar-refractivity contribution in [1.82, 2.24) is 9.03 Å². The molecule has 1 N–H and O–H groups in total. The summed E-state index contributed by atoms with van der Waals surface area (Å²) in [4.78, 5) is 0. The van der Waals surface area contributed by atoms with Crippen LogP contribution in [0.2, 0.25) is 0 Å². The van der Waals surface area contributed by atoms with Crippen LogP contribution in [0.1, 0.15) is 32.6 Å². The molecule has 0 radical (unpaired) electrons. The Morgan fingerprint density at radius 3 is 2.53 bits per heavy atom. The van der Waals surface area contributed by atoms with E-state index in [4.69, 9.17) is 11.6 Å². The standard InChI is InChI=1S/C9H19ClN2O2S/c1-2-9(10)5-6-11-15(13,14)12-7-3-4-8-12/h9,11H,2-8H2,1H3. The number of hydrogen-bond acceptors (Lipinski definition) is 2. The molecule has 1 fully saturated rings. The van der Waals surface area contributed by atoms with Crippen LogP contribution in [0.3, 0.4) is 0 Å². The van der Waals surface area contributed by atoms with Crippen LogP contribution in [0.5, 0.6) is 0 Å². The van der Waals surface area contributed by atoms with Crippen molar-refractivity contribution >= 4 is 21.8 Å². The van der Waals surface area contributed by atoms with Crippen LogP contribution in [0.25, 0.3) is 0 Å². The monoisotopic (exact) mass is 254 g/mol. The molecule has 1 rings (SSSR count). The average Bonchev–Trinajstić information content (AvgIpc) is 2.70.